The first-order valence-corrected chi connectivity index (χ1v) is 4.95. The molecule has 0 spiro atoms. The predicted molar refractivity (Wildman–Crippen MR) is 60.3 cm³/mol. The van der Waals surface area contributed by atoms with Gasteiger partial charge in [-0.05, 0) is 18.6 Å². The first kappa shape index (κ1) is 9.65. The highest BCUT2D eigenvalue weighted by Gasteiger charge is 2.01. The molecule has 0 aliphatic carbocycles. The zero-order valence-corrected chi connectivity index (χ0v) is 8.48. The number of pyridine rings is 1. The fraction of sp³-hybridized carbons (Fsp3) is 0.167. The van der Waals surface area contributed by atoms with Crippen LogP contribution in [-0.2, 0) is 6.42 Å². The van der Waals surface area contributed by atoms with Crippen LogP contribution >= 0.6 is 0 Å². The van der Waals surface area contributed by atoms with Crippen LogP contribution < -0.4 is 0 Å². The van der Waals surface area contributed by atoms with E-state index in [9.17, 15) is 0 Å². The van der Waals surface area contributed by atoms with E-state index in [0.717, 1.165) is 29.9 Å². The molecule has 3 heteroatoms. The van der Waals surface area contributed by atoms with E-state index in [0.29, 0.717) is 0 Å². The molecular weight excluding hydrogens is 186 g/mol. The van der Waals surface area contributed by atoms with E-state index >= 15 is 0 Å². The van der Waals surface area contributed by atoms with Crippen LogP contribution in [0.4, 0.5) is 0 Å². The van der Waals surface area contributed by atoms with Gasteiger partial charge < -0.3 is 4.98 Å². The van der Waals surface area contributed by atoms with Crippen LogP contribution in [0.15, 0.2) is 43.4 Å². The summed E-state index contributed by atoms with van der Waals surface area (Å²) in [6.45, 7) is 3.69. The molecule has 3 nitrogen and oxygen atoms in total. The Morgan fingerprint density at radius 1 is 1.40 bits per heavy atom. The van der Waals surface area contributed by atoms with Crippen molar-refractivity contribution in [3.05, 3.63) is 49.2 Å². The van der Waals surface area contributed by atoms with Crippen molar-refractivity contribution in [3.63, 3.8) is 0 Å². The number of aromatic amines is 1. The first-order chi connectivity index (χ1) is 7.40. The average molecular weight is 199 g/mol. The highest BCUT2D eigenvalue weighted by atomic mass is 14.9. The van der Waals surface area contributed by atoms with Crippen molar-refractivity contribution in [2.45, 2.75) is 12.8 Å². The number of H-pyrrole nitrogens is 1. The van der Waals surface area contributed by atoms with E-state index in [4.69, 9.17) is 0 Å². The lowest BCUT2D eigenvalue weighted by Gasteiger charge is -1.95. The Labute approximate surface area is 88.9 Å². The molecule has 0 fully saturated rings. The van der Waals surface area contributed by atoms with Crippen LogP contribution in [0.3, 0.4) is 0 Å². The molecule has 2 aromatic rings. The molecule has 1 N–H and O–H groups in total. The molecule has 0 radical (unpaired) electrons. The minimum Gasteiger partial charge on any atom is -0.342 e. The van der Waals surface area contributed by atoms with Gasteiger partial charge in [-0.15, -0.1) is 6.58 Å². The average Bonchev–Trinajstić information content (AvgIpc) is 2.76. The van der Waals surface area contributed by atoms with Gasteiger partial charge in [-0.2, -0.15) is 0 Å². The third kappa shape index (κ3) is 2.31. The van der Waals surface area contributed by atoms with Crippen molar-refractivity contribution >= 4 is 0 Å². The third-order valence-corrected chi connectivity index (χ3v) is 2.19. The van der Waals surface area contributed by atoms with Gasteiger partial charge in [-0.25, -0.2) is 4.98 Å². The minimum atomic E-state index is 0.907. The molecule has 0 unspecified atom stereocenters. The molecule has 0 aliphatic rings. The molecule has 2 rings (SSSR count). The second kappa shape index (κ2) is 4.55. The van der Waals surface area contributed by atoms with Gasteiger partial charge in [-0.3, -0.25) is 4.98 Å². The SMILES string of the molecule is C=CCCc1ncc(-c2cccnc2)[nH]1. The van der Waals surface area contributed by atoms with E-state index in [1.165, 1.54) is 0 Å². The summed E-state index contributed by atoms with van der Waals surface area (Å²) in [5, 5.41) is 0. The number of imidazole rings is 1. The van der Waals surface area contributed by atoms with Gasteiger partial charge in [-0.1, -0.05) is 6.08 Å². The summed E-state index contributed by atoms with van der Waals surface area (Å²) in [5.41, 5.74) is 2.08. The Hall–Kier alpha value is -1.90. The van der Waals surface area contributed by atoms with Crippen molar-refractivity contribution in [1.29, 1.82) is 0 Å². The normalized spacial score (nSPS) is 10.1. The van der Waals surface area contributed by atoms with Crippen molar-refractivity contribution in [2.75, 3.05) is 0 Å². The molecule has 0 bridgehead atoms. The topological polar surface area (TPSA) is 41.6 Å². The summed E-state index contributed by atoms with van der Waals surface area (Å²) in [5.74, 6) is 0.994. The number of aromatic nitrogens is 3. The molecule has 0 saturated carbocycles. The van der Waals surface area contributed by atoms with Gasteiger partial charge in [0.25, 0.3) is 0 Å². The second-order valence-electron chi connectivity index (χ2n) is 3.31. The van der Waals surface area contributed by atoms with Crippen LogP contribution in [0.5, 0.6) is 0 Å². The summed E-state index contributed by atoms with van der Waals surface area (Å²) in [6.07, 6.45) is 9.18. The van der Waals surface area contributed by atoms with Gasteiger partial charge in [0, 0.05) is 24.4 Å². The Bertz CT molecular complexity index is 431. The Morgan fingerprint density at radius 3 is 3.07 bits per heavy atom. The Balaban J connectivity index is 2.17. The minimum absolute atomic E-state index is 0.907. The van der Waals surface area contributed by atoms with Crippen molar-refractivity contribution in [3.8, 4) is 11.3 Å². The second-order valence-corrected chi connectivity index (χ2v) is 3.31. The fourth-order valence-corrected chi connectivity index (χ4v) is 1.40. The third-order valence-electron chi connectivity index (χ3n) is 2.19. The molecule has 0 aromatic carbocycles. The summed E-state index contributed by atoms with van der Waals surface area (Å²) in [7, 11) is 0. The lowest BCUT2D eigenvalue weighted by Crippen LogP contribution is -1.86. The molecule has 2 aromatic heterocycles. The lowest BCUT2D eigenvalue weighted by molar-refractivity contribution is 0.912. The molecule has 0 aliphatic heterocycles. The van der Waals surface area contributed by atoms with E-state index in [-0.39, 0.29) is 0 Å². The van der Waals surface area contributed by atoms with Crippen molar-refractivity contribution in [1.82, 2.24) is 15.0 Å². The van der Waals surface area contributed by atoms with Gasteiger partial charge in [0.2, 0.25) is 0 Å². The molecule has 76 valence electrons. The number of hydrogen-bond donors (Lipinski definition) is 1. The van der Waals surface area contributed by atoms with Crippen LogP contribution in [0.25, 0.3) is 11.3 Å². The molecule has 0 amide bonds. The monoisotopic (exact) mass is 199 g/mol. The number of allylic oxidation sites excluding steroid dienone is 1. The number of nitrogens with one attached hydrogen (secondary N) is 1. The van der Waals surface area contributed by atoms with Crippen molar-refractivity contribution < 1.29 is 0 Å². The smallest absolute Gasteiger partial charge is 0.106 e. The Morgan fingerprint density at radius 2 is 2.33 bits per heavy atom. The van der Waals surface area contributed by atoms with Crippen LogP contribution in [0, 0.1) is 0 Å². The van der Waals surface area contributed by atoms with E-state index in [1.54, 1.807) is 6.20 Å². The summed E-state index contributed by atoms with van der Waals surface area (Å²) >= 11 is 0. The summed E-state index contributed by atoms with van der Waals surface area (Å²) in [6, 6.07) is 3.93. The number of aryl methyl sites for hydroxylation is 1. The van der Waals surface area contributed by atoms with E-state index < -0.39 is 0 Å². The summed E-state index contributed by atoms with van der Waals surface area (Å²) in [4.78, 5) is 11.6. The number of nitrogens with zero attached hydrogens (tertiary/aromatic N) is 2. The van der Waals surface area contributed by atoms with Gasteiger partial charge >= 0.3 is 0 Å². The van der Waals surface area contributed by atoms with Crippen molar-refractivity contribution in [2.24, 2.45) is 0 Å². The molecule has 15 heavy (non-hydrogen) atoms. The van der Waals surface area contributed by atoms with Gasteiger partial charge in [0.1, 0.15) is 5.82 Å². The molecule has 2 heterocycles. The maximum absolute atomic E-state index is 4.30. The first-order valence-electron chi connectivity index (χ1n) is 4.95. The zero-order valence-electron chi connectivity index (χ0n) is 8.48. The summed E-state index contributed by atoms with van der Waals surface area (Å²) < 4.78 is 0. The maximum atomic E-state index is 4.30. The molecule has 0 saturated heterocycles. The van der Waals surface area contributed by atoms with Crippen LogP contribution in [0.1, 0.15) is 12.2 Å². The highest BCUT2D eigenvalue weighted by molar-refractivity contribution is 5.56. The highest BCUT2D eigenvalue weighted by Crippen LogP contribution is 2.15. The molecule has 0 atom stereocenters. The van der Waals surface area contributed by atoms with E-state index in [1.807, 2.05) is 30.6 Å². The number of hydrogen-bond acceptors (Lipinski definition) is 2. The van der Waals surface area contributed by atoms with Crippen LogP contribution in [-0.4, -0.2) is 15.0 Å². The predicted octanol–water partition coefficient (Wildman–Crippen LogP) is 2.59. The van der Waals surface area contributed by atoms with E-state index in [2.05, 4.69) is 21.5 Å². The quantitative estimate of drug-likeness (QED) is 0.769. The number of rotatable bonds is 4. The molecular formula is C12H13N3. The zero-order chi connectivity index (χ0) is 10.5. The van der Waals surface area contributed by atoms with Gasteiger partial charge in [0.05, 0.1) is 11.9 Å². The van der Waals surface area contributed by atoms with Crippen LogP contribution in [0.2, 0.25) is 0 Å². The largest absolute Gasteiger partial charge is 0.342 e. The maximum Gasteiger partial charge on any atom is 0.106 e. The Kier molecular flexibility index (Phi) is 2.93. The van der Waals surface area contributed by atoms with Gasteiger partial charge in [0.15, 0.2) is 0 Å². The fourth-order valence-electron chi connectivity index (χ4n) is 1.40. The standard InChI is InChI=1S/C12H13N3/c1-2-3-6-12-14-9-11(15-12)10-5-4-7-13-8-10/h2,4-5,7-9H,1,3,6H2,(H,14,15). The lowest BCUT2D eigenvalue weighted by atomic mass is 10.2.